The van der Waals surface area contributed by atoms with E-state index in [4.69, 9.17) is 0 Å². The van der Waals surface area contributed by atoms with E-state index >= 15 is 0 Å². The predicted molar refractivity (Wildman–Crippen MR) is 137 cm³/mol. The van der Waals surface area contributed by atoms with E-state index < -0.39 is 0 Å². The van der Waals surface area contributed by atoms with Crippen LogP contribution in [-0.4, -0.2) is 29.4 Å². The highest BCUT2D eigenvalue weighted by atomic mass is 16.3. The van der Waals surface area contributed by atoms with Crippen LogP contribution in [-0.2, 0) is 9.59 Å². The molecule has 4 saturated carbocycles. The molecule has 8 atom stereocenters. The van der Waals surface area contributed by atoms with Crippen molar-refractivity contribution < 1.29 is 14.7 Å². The zero-order valence-electron chi connectivity index (χ0n) is 22.2. The summed E-state index contributed by atoms with van der Waals surface area (Å²) in [6.45, 7) is 7.90. The van der Waals surface area contributed by atoms with Crippen LogP contribution in [0.5, 0.6) is 0 Å². The number of hydrogen-bond donors (Lipinski definition) is 2. The van der Waals surface area contributed by atoms with E-state index in [1.165, 1.54) is 44.9 Å². The Kier molecular flexibility index (Phi) is 8.48. The van der Waals surface area contributed by atoms with Crippen molar-refractivity contribution in [3.63, 3.8) is 0 Å². The minimum Gasteiger partial charge on any atom is -0.393 e. The number of Topliss-reactive ketones (excluding diaryl/α,β-unsaturated/α-hetero) is 1. The fourth-order valence-electron chi connectivity index (χ4n) is 9.05. The van der Waals surface area contributed by atoms with Crippen LogP contribution < -0.4 is 5.32 Å². The number of amides is 1. The van der Waals surface area contributed by atoms with Crippen LogP contribution in [0.4, 0.5) is 0 Å². The molecular weight excluding hydrogens is 422 g/mol. The summed E-state index contributed by atoms with van der Waals surface area (Å²) < 4.78 is 0. The van der Waals surface area contributed by atoms with E-state index in [0.717, 1.165) is 63.8 Å². The first-order valence-electron chi connectivity index (χ1n) is 14.8. The van der Waals surface area contributed by atoms with Gasteiger partial charge in [0.25, 0.3) is 0 Å². The number of aliphatic hydroxyl groups is 1. The molecule has 0 saturated heterocycles. The van der Waals surface area contributed by atoms with Crippen molar-refractivity contribution in [2.75, 3.05) is 6.54 Å². The summed E-state index contributed by atoms with van der Waals surface area (Å²) in [5.74, 6) is 4.04. The van der Waals surface area contributed by atoms with Crippen molar-refractivity contribution in [3.8, 4) is 0 Å². The molecule has 194 valence electrons. The van der Waals surface area contributed by atoms with Gasteiger partial charge in [0.15, 0.2) is 0 Å². The van der Waals surface area contributed by atoms with Crippen LogP contribution in [0.15, 0.2) is 0 Å². The normalized spacial score (nSPS) is 41.5. The fourth-order valence-corrected chi connectivity index (χ4v) is 9.05. The molecule has 0 bridgehead atoms. The van der Waals surface area contributed by atoms with Crippen molar-refractivity contribution in [2.24, 2.45) is 40.4 Å². The van der Waals surface area contributed by atoms with Gasteiger partial charge in [-0.1, -0.05) is 52.9 Å². The lowest BCUT2D eigenvalue weighted by Gasteiger charge is -2.62. The molecular formula is C30H51NO3. The maximum absolute atomic E-state index is 12.4. The molecule has 0 unspecified atom stereocenters. The Hall–Kier alpha value is -0.900. The van der Waals surface area contributed by atoms with Crippen LogP contribution in [0.3, 0.4) is 0 Å². The van der Waals surface area contributed by atoms with Crippen LogP contribution in [0.2, 0.25) is 0 Å². The van der Waals surface area contributed by atoms with Crippen molar-refractivity contribution in [1.82, 2.24) is 5.32 Å². The van der Waals surface area contributed by atoms with E-state index in [1.807, 2.05) is 0 Å². The van der Waals surface area contributed by atoms with Gasteiger partial charge in [-0.2, -0.15) is 0 Å². The van der Waals surface area contributed by atoms with E-state index in [0.29, 0.717) is 41.3 Å². The maximum Gasteiger partial charge on any atom is 0.219 e. The number of nitrogens with one attached hydrogen (secondary N) is 1. The lowest BCUT2D eigenvalue weighted by atomic mass is 9.42. The molecule has 2 N–H and O–H groups in total. The second kappa shape index (κ2) is 11.0. The Bertz CT molecular complexity index is 722. The Morgan fingerprint density at radius 1 is 1.00 bits per heavy atom. The van der Waals surface area contributed by atoms with Gasteiger partial charge in [-0.25, -0.2) is 0 Å². The molecule has 0 radical (unpaired) electrons. The second-order valence-electron chi connectivity index (χ2n) is 13.0. The van der Waals surface area contributed by atoms with E-state index in [-0.39, 0.29) is 17.4 Å². The lowest BCUT2D eigenvalue weighted by Crippen LogP contribution is -2.57. The molecule has 4 rings (SSSR count). The molecule has 4 heteroatoms. The molecule has 0 aliphatic heterocycles. The molecule has 4 nitrogen and oxygen atoms in total. The van der Waals surface area contributed by atoms with E-state index in [2.05, 4.69) is 26.1 Å². The van der Waals surface area contributed by atoms with Crippen LogP contribution in [0, 0.1) is 40.4 Å². The summed E-state index contributed by atoms with van der Waals surface area (Å²) in [5, 5.41) is 14.0. The molecule has 0 aromatic rings. The van der Waals surface area contributed by atoms with Crippen LogP contribution in [0.1, 0.15) is 124 Å². The second-order valence-corrected chi connectivity index (χ2v) is 13.0. The van der Waals surface area contributed by atoms with E-state index in [1.54, 1.807) is 0 Å². The molecule has 1 amide bonds. The fraction of sp³-hybridized carbons (Fsp3) is 0.933. The number of rotatable bonds is 10. The van der Waals surface area contributed by atoms with Gasteiger partial charge < -0.3 is 10.4 Å². The van der Waals surface area contributed by atoms with Gasteiger partial charge in [0.2, 0.25) is 5.91 Å². The smallest absolute Gasteiger partial charge is 0.219 e. The zero-order valence-corrected chi connectivity index (χ0v) is 22.2. The highest BCUT2D eigenvalue weighted by Crippen LogP contribution is 2.67. The highest BCUT2D eigenvalue weighted by molar-refractivity contribution is 5.79. The largest absolute Gasteiger partial charge is 0.393 e. The Morgan fingerprint density at radius 3 is 2.59 bits per heavy atom. The number of unbranched alkanes of at least 4 members (excludes halogenated alkanes) is 4. The van der Waals surface area contributed by atoms with Gasteiger partial charge in [0, 0.05) is 25.8 Å². The number of ketones is 1. The first kappa shape index (κ1) is 26.2. The first-order valence-corrected chi connectivity index (χ1v) is 14.8. The zero-order chi connectivity index (χ0) is 24.3. The number of aliphatic hydroxyl groups excluding tert-OH is 1. The lowest BCUT2D eigenvalue weighted by molar-refractivity contribution is -0.156. The minimum atomic E-state index is -0.131. The molecule has 4 aliphatic rings. The van der Waals surface area contributed by atoms with Gasteiger partial charge >= 0.3 is 0 Å². The summed E-state index contributed by atoms with van der Waals surface area (Å²) >= 11 is 0. The van der Waals surface area contributed by atoms with Gasteiger partial charge in [-0.05, 0) is 91.8 Å². The van der Waals surface area contributed by atoms with E-state index in [9.17, 15) is 14.7 Å². The van der Waals surface area contributed by atoms with Crippen molar-refractivity contribution >= 4 is 11.7 Å². The van der Waals surface area contributed by atoms with Crippen molar-refractivity contribution in [1.29, 1.82) is 0 Å². The van der Waals surface area contributed by atoms with Crippen LogP contribution in [0.25, 0.3) is 0 Å². The summed E-state index contributed by atoms with van der Waals surface area (Å²) in [5.41, 5.74) is 0.419. The number of hydrogen-bond acceptors (Lipinski definition) is 3. The first-order chi connectivity index (χ1) is 16.3. The number of fused-ring (bicyclic) bond motifs is 5. The maximum atomic E-state index is 12.4. The summed E-state index contributed by atoms with van der Waals surface area (Å²) in [4.78, 5) is 24.5. The molecule has 34 heavy (non-hydrogen) atoms. The average molecular weight is 474 g/mol. The Labute approximate surface area is 208 Å². The standard InChI is InChI=1S/C30H51NO3/c1-4-5-9-18-31-27(34)11-8-6-7-10-21-19-22-20-23(32)14-16-29(22,2)25-15-17-30(3)24(28(21)25)12-13-26(30)33/h21-22,24-26,28,33H,4-20H2,1-3H3,(H,31,34)/t21-,22+,24+,25+,26+,28+,29+,30+/m1/s1. The molecule has 0 aromatic heterocycles. The molecule has 0 spiro atoms. The Balaban J connectivity index is 1.36. The third-order valence-corrected chi connectivity index (χ3v) is 11.2. The Morgan fingerprint density at radius 2 is 1.79 bits per heavy atom. The monoisotopic (exact) mass is 473 g/mol. The SMILES string of the molecule is CCCCCNC(=O)CCCCC[C@@H]1C[C@H]2CC(=O)CC[C@]2(C)[C@H]2CC[C@]3(C)[C@@H](O)CC[C@H]3[C@H]12. The van der Waals surface area contributed by atoms with Crippen molar-refractivity contribution in [3.05, 3.63) is 0 Å². The van der Waals surface area contributed by atoms with Gasteiger partial charge in [-0.15, -0.1) is 0 Å². The van der Waals surface area contributed by atoms with Gasteiger partial charge in [0.05, 0.1) is 6.10 Å². The summed E-state index contributed by atoms with van der Waals surface area (Å²) in [7, 11) is 0. The minimum absolute atomic E-state index is 0.100. The molecule has 0 heterocycles. The average Bonchev–Trinajstić information content (AvgIpc) is 3.11. The van der Waals surface area contributed by atoms with Gasteiger partial charge in [-0.3, -0.25) is 9.59 Å². The predicted octanol–water partition coefficient (Wildman–Crippen LogP) is 6.44. The third-order valence-electron chi connectivity index (χ3n) is 11.2. The third kappa shape index (κ3) is 5.13. The van der Waals surface area contributed by atoms with Crippen molar-refractivity contribution in [2.45, 2.75) is 130 Å². The molecule has 4 aliphatic carbocycles. The van der Waals surface area contributed by atoms with Gasteiger partial charge in [0.1, 0.15) is 5.78 Å². The highest BCUT2D eigenvalue weighted by Gasteiger charge is 2.62. The number of carbonyl (C=O) groups excluding carboxylic acids is 2. The topological polar surface area (TPSA) is 66.4 Å². The molecule has 0 aromatic carbocycles. The molecule has 4 fully saturated rings. The summed E-state index contributed by atoms with van der Waals surface area (Å²) in [6, 6.07) is 0. The number of carbonyl (C=O) groups is 2. The quantitative estimate of drug-likeness (QED) is 0.359. The summed E-state index contributed by atoms with van der Waals surface area (Å²) in [6.07, 6.45) is 17.0. The van der Waals surface area contributed by atoms with Crippen LogP contribution >= 0.6 is 0 Å².